The lowest BCUT2D eigenvalue weighted by Crippen LogP contribution is -2.52. The molecule has 0 aromatic carbocycles. The molecule has 1 N–H and O–H groups in total. The molecule has 1 unspecified atom stereocenters. The summed E-state index contributed by atoms with van der Waals surface area (Å²) in [5, 5.41) is 14.5. The van der Waals surface area contributed by atoms with E-state index in [1.807, 2.05) is 0 Å². The Labute approximate surface area is 128 Å². The van der Waals surface area contributed by atoms with Gasteiger partial charge in [-0.2, -0.15) is 5.21 Å². The van der Waals surface area contributed by atoms with Gasteiger partial charge in [-0.15, -0.1) is 5.10 Å². The number of tetrazole rings is 1. The van der Waals surface area contributed by atoms with E-state index < -0.39 is 8.32 Å². The van der Waals surface area contributed by atoms with Crippen molar-refractivity contribution in [1.82, 2.24) is 20.6 Å². The Hall–Kier alpha value is -0.953. The Morgan fingerprint density at radius 1 is 1.14 bits per heavy atom. The summed E-state index contributed by atoms with van der Waals surface area (Å²) in [6, 6.07) is 0. The van der Waals surface area contributed by atoms with E-state index in [-0.39, 0.29) is 6.23 Å². The largest absolute Gasteiger partial charge is 0.396 e. The van der Waals surface area contributed by atoms with Gasteiger partial charge >= 0.3 is 0 Å². The molecule has 120 valence electrons. The van der Waals surface area contributed by atoms with Crippen molar-refractivity contribution < 1.29 is 4.43 Å². The standard InChI is InChI=1S/C14H29N5OSi/c1-10(2)21(11(3)4,12(5)6)20-13-8-7-9-19(13)14-15-17-18-16-14/h10-13H,7-9H2,1-6H3,(H,15,16,17,18). The molecule has 0 aliphatic carbocycles. The molecule has 21 heavy (non-hydrogen) atoms. The van der Waals surface area contributed by atoms with Crippen LogP contribution in [0.1, 0.15) is 54.4 Å². The average Bonchev–Trinajstić information content (AvgIpc) is 3.05. The molecule has 1 aromatic rings. The fourth-order valence-electron chi connectivity index (χ4n) is 4.01. The van der Waals surface area contributed by atoms with Crippen molar-refractivity contribution in [2.45, 2.75) is 77.2 Å². The summed E-state index contributed by atoms with van der Waals surface area (Å²) in [6.07, 6.45) is 2.27. The molecule has 1 aliphatic rings. The molecular formula is C14H29N5OSi. The summed E-state index contributed by atoms with van der Waals surface area (Å²) in [5.41, 5.74) is 1.76. The third kappa shape index (κ3) is 2.99. The number of hydrogen-bond acceptors (Lipinski definition) is 5. The van der Waals surface area contributed by atoms with E-state index in [1.54, 1.807) is 0 Å². The van der Waals surface area contributed by atoms with Gasteiger partial charge in [0, 0.05) is 6.54 Å². The molecule has 1 aromatic heterocycles. The SMILES string of the molecule is CC(C)[Si](OC1CCCN1c1nn[nH]n1)(C(C)C)C(C)C. The minimum atomic E-state index is -1.87. The van der Waals surface area contributed by atoms with Crippen LogP contribution in [0, 0.1) is 0 Å². The molecule has 2 rings (SSSR count). The fraction of sp³-hybridized carbons (Fsp3) is 0.929. The highest BCUT2D eigenvalue weighted by molar-refractivity contribution is 6.77. The molecule has 0 saturated carbocycles. The lowest BCUT2D eigenvalue weighted by molar-refractivity contribution is 0.181. The van der Waals surface area contributed by atoms with Gasteiger partial charge in [0.25, 0.3) is 5.95 Å². The van der Waals surface area contributed by atoms with Crippen molar-refractivity contribution in [3.05, 3.63) is 0 Å². The smallest absolute Gasteiger partial charge is 0.267 e. The van der Waals surface area contributed by atoms with Crippen molar-refractivity contribution in [3.63, 3.8) is 0 Å². The van der Waals surface area contributed by atoms with E-state index in [2.05, 4.69) is 67.1 Å². The number of aromatic nitrogens is 4. The van der Waals surface area contributed by atoms with Crippen LogP contribution in [-0.2, 0) is 4.43 Å². The minimum absolute atomic E-state index is 0.0986. The Balaban J connectivity index is 2.23. The lowest BCUT2D eigenvalue weighted by Gasteiger charge is -2.45. The number of nitrogens with one attached hydrogen (secondary N) is 1. The Morgan fingerprint density at radius 3 is 2.24 bits per heavy atom. The molecule has 0 spiro atoms. The molecule has 2 heterocycles. The van der Waals surface area contributed by atoms with Gasteiger partial charge in [-0.3, -0.25) is 0 Å². The summed E-state index contributed by atoms with van der Waals surface area (Å²) < 4.78 is 6.86. The first-order chi connectivity index (χ1) is 9.89. The van der Waals surface area contributed by atoms with Crippen LogP contribution in [0.15, 0.2) is 0 Å². The van der Waals surface area contributed by atoms with Crippen LogP contribution in [0.2, 0.25) is 16.6 Å². The summed E-state index contributed by atoms with van der Waals surface area (Å²) in [7, 11) is -1.87. The zero-order chi connectivity index (χ0) is 15.6. The van der Waals surface area contributed by atoms with Crippen LogP contribution < -0.4 is 4.90 Å². The van der Waals surface area contributed by atoms with E-state index in [4.69, 9.17) is 4.43 Å². The predicted molar refractivity (Wildman–Crippen MR) is 86.7 cm³/mol. The van der Waals surface area contributed by atoms with Gasteiger partial charge in [-0.25, -0.2) is 0 Å². The highest BCUT2D eigenvalue weighted by atomic mass is 28.4. The highest BCUT2D eigenvalue weighted by Crippen LogP contribution is 2.44. The van der Waals surface area contributed by atoms with Gasteiger partial charge in [0.2, 0.25) is 8.32 Å². The average molecular weight is 312 g/mol. The van der Waals surface area contributed by atoms with Gasteiger partial charge in [0.05, 0.1) is 0 Å². The van der Waals surface area contributed by atoms with Crippen molar-refractivity contribution in [1.29, 1.82) is 0 Å². The van der Waals surface area contributed by atoms with Crippen molar-refractivity contribution >= 4 is 14.3 Å². The Bertz CT molecular complexity index is 413. The maximum absolute atomic E-state index is 6.86. The monoisotopic (exact) mass is 311 g/mol. The van der Waals surface area contributed by atoms with Gasteiger partial charge in [-0.1, -0.05) is 46.6 Å². The van der Waals surface area contributed by atoms with E-state index in [0.29, 0.717) is 22.6 Å². The number of rotatable bonds is 6. The summed E-state index contributed by atoms with van der Waals surface area (Å²) in [4.78, 5) is 2.17. The molecule has 0 amide bonds. The summed E-state index contributed by atoms with van der Waals surface area (Å²) in [5.74, 6) is 0.664. The normalized spacial score (nSPS) is 20.2. The second kappa shape index (κ2) is 6.44. The lowest BCUT2D eigenvalue weighted by atomic mass is 10.4. The molecule has 6 nitrogen and oxygen atoms in total. The number of aromatic amines is 1. The van der Waals surface area contributed by atoms with Gasteiger partial charge in [0.1, 0.15) is 6.23 Å². The first kappa shape index (κ1) is 16.4. The molecule has 1 atom stereocenters. The molecule has 1 aliphatic heterocycles. The fourth-order valence-corrected chi connectivity index (χ4v) is 9.54. The molecule has 1 saturated heterocycles. The number of H-pyrrole nitrogens is 1. The second-order valence-corrected chi connectivity index (χ2v) is 12.3. The van der Waals surface area contributed by atoms with E-state index in [9.17, 15) is 0 Å². The molecular weight excluding hydrogens is 282 g/mol. The molecule has 0 radical (unpaired) electrons. The molecule has 7 heteroatoms. The van der Waals surface area contributed by atoms with Gasteiger partial charge in [-0.05, 0) is 34.7 Å². The van der Waals surface area contributed by atoms with E-state index >= 15 is 0 Å². The predicted octanol–water partition coefficient (Wildman–Crippen LogP) is 3.32. The van der Waals surface area contributed by atoms with Crippen LogP contribution >= 0.6 is 0 Å². The van der Waals surface area contributed by atoms with Crippen molar-refractivity contribution in [2.24, 2.45) is 0 Å². The third-order valence-corrected chi connectivity index (χ3v) is 10.9. The molecule has 0 bridgehead atoms. The van der Waals surface area contributed by atoms with Crippen molar-refractivity contribution in [2.75, 3.05) is 11.4 Å². The maximum Gasteiger partial charge on any atom is 0.267 e. The number of nitrogens with zero attached hydrogens (tertiary/aromatic N) is 4. The first-order valence-corrected chi connectivity index (χ1v) is 10.2. The second-order valence-electron chi connectivity index (χ2n) is 6.94. The minimum Gasteiger partial charge on any atom is -0.396 e. The van der Waals surface area contributed by atoms with Gasteiger partial charge in [0.15, 0.2) is 0 Å². The summed E-state index contributed by atoms with van der Waals surface area (Å²) >= 11 is 0. The zero-order valence-corrected chi connectivity index (χ0v) is 15.1. The Kier molecular flexibility index (Phi) is 5.03. The van der Waals surface area contributed by atoms with Crippen molar-refractivity contribution in [3.8, 4) is 0 Å². The van der Waals surface area contributed by atoms with E-state index in [1.165, 1.54) is 0 Å². The quantitative estimate of drug-likeness (QED) is 0.816. The Morgan fingerprint density at radius 2 is 1.76 bits per heavy atom. The van der Waals surface area contributed by atoms with Gasteiger partial charge < -0.3 is 9.33 Å². The zero-order valence-electron chi connectivity index (χ0n) is 14.1. The number of hydrogen-bond donors (Lipinski definition) is 1. The maximum atomic E-state index is 6.86. The van der Waals surface area contributed by atoms with Crippen LogP contribution in [0.4, 0.5) is 5.95 Å². The molecule has 1 fully saturated rings. The third-order valence-electron chi connectivity index (χ3n) is 4.84. The van der Waals surface area contributed by atoms with Crippen LogP contribution in [0.25, 0.3) is 0 Å². The van der Waals surface area contributed by atoms with Crippen LogP contribution in [0.3, 0.4) is 0 Å². The first-order valence-electron chi connectivity index (χ1n) is 8.07. The highest BCUT2D eigenvalue weighted by Gasteiger charge is 2.48. The van der Waals surface area contributed by atoms with Crippen LogP contribution in [-0.4, -0.2) is 41.7 Å². The summed E-state index contributed by atoms with van der Waals surface area (Å²) in [6.45, 7) is 14.9. The van der Waals surface area contributed by atoms with Crippen LogP contribution in [0.5, 0.6) is 0 Å². The van der Waals surface area contributed by atoms with E-state index in [0.717, 1.165) is 19.4 Å². The topological polar surface area (TPSA) is 66.9 Å². The number of anilines is 1.